The minimum absolute atomic E-state index is 0. The Labute approximate surface area is 225 Å². The van der Waals surface area contributed by atoms with Crippen molar-refractivity contribution in [3.63, 3.8) is 0 Å². The molecule has 0 aliphatic carbocycles. The van der Waals surface area contributed by atoms with Gasteiger partial charge in [-0.15, -0.1) is 0 Å². The Morgan fingerprint density at radius 2 is 0.871 bits per heavy atom. The van der Waals surface area contributed by atoms with Crippen LogP contribution < -0.4 is 0 Å². The topological polar surface area (TPSA) is 86.7 Å². The third kappa shape index (κ3) is 5.78. The van der Waals surface area contributed by atoms with Crippen LogP contribution in [-0.4, -0.2) is 82.7 Å². The maximum atomic E-state index is 12.6. The van der Waals surface area contributed by atoms with Crippen LogP contribution in [0.4, 0.5) is 0 Å². The Morgan fingerprint density at radius 1 is 0.516 bits per heavy atom. The van der Waals surface area contributed by atoms with Gasteiger partial charge < -0.3 is 0 Å². The van der Waals surface area contributed by atoms with E-state index in [1.54, 1.807) is 72.8 Å². The molecule has 0 aliphatic heterocycles. The van der Waals surface area contributed by atoms with E-state index in [-0.39, 0.29) is 68.9 Å². The van der Waals surface area contributed by atoms with Crippen LogP contribution in [0.25, 0.3) is 21.5 Å². The molecule has 4 aromatic rings. The molecule has 0 amide bonds. The van der Waals surface area contributed by atoms with E-state index >= 15 is 0 Å². The Morgan fingerprint density at radius 3 is 1.29 bits per heavy atom. The van der Waals surface area contributed by atoms with Crippen LogP contribution in [0.1, 0.15) is 0 Å². The molecule has 0 spiro atoms. The van der Waals surface area contributed by atoms with Gasteiger partial charge >= 0.3 is 59.1 Å². The van der Waals surface area contributed by atoms with Crippen LogP contribution in [0.3, 0.4) is 0 Å². The summed E-state index contributed by atoms with van der Waals surface area (Å²) in [5, 5.41) is 2.40. The molecule has 4 aromatic carbocycles. The van der Waals surface area contributed by atoms with E-state index < -0.39 is 27.0 Å². The number of fused-ring (bicyclic) bond motifs is 2. The fourth-order valence-electron chi connectivity index (χ4n) is 3.10. The standard InChI is InChI=1S/C21H16O6S2.2Na.2H/c22-28(23,20-13-5-9-16-7-1-3-11-18(16)20)26-15-27-29(24,25)21-14-6-10-17-8-2-4-12-19(17)21;;;;/h1-14H,15H2;;;;. The van der Waals surface area contributed by atoms with Crippen molar-refractivity contribution in [3.05, 3.63) is 84.9 Å². The van der Waals surface area contributed by atoms with Crippen molar-refractivity contribution >= 4 is 101 Å². The van der Waals surface area contributed by atoms with E-state index in [9.17, 15) is 16.8 Å². The van der Waals surface area contributed by atoms with Crippen molar-refractivity contribution in [2.45, 2.75) is 9.79 Å². The summed E-state index contributed by atoms with van der Waals surface area (Å²) in [6, 6.07) is 23.4. The second-order valence-corrected chi connectivity index (χ2v) is 9.38. The van der Waals surface area contributed by atoms with Crippen molar-refractivity contribution in [1.29, 1.82) is 0 Å². The van der Waals surface area contributed by atoms with Crippen LogP contribution in [0.5, 0.6) is 0 Å². The van der Waals surface area contributed by atoms with E-state index in [1.165, 1.54) is 12.1 Å². The summed E-state index contributed by atoms with van der Waals surface area (Å²) >= 11 is 0. The second kappa shape index (κ2) is 10.9. The molecule has 31 heavy (non-hydrogen) atoms. The zero-order chi connectivity index (χ0) is 20.5. The number of hydrogen-bond acceptors (Lipinski definition) is 6. The van der Waals surface area contributed by atoms with Crippen LogP contribution in [0, 0.1) is 0 Å². The molecule has 0 saturated heterocycles. The van der Waals surface area contributed by atoms with Gasteiger partial charge in [0.2, 0.25) is 0 Å². The van der Waals surface area contributed by atoms with Gasteiger partial charge in [0.05, 0.1) is 0 Å². The van der Waals surface area contributed by atoms with Gasteiger partial charge in [0.1, 0.15) is 9.79 Å². The minimum atomic E-state index is -4.22. The Balaban J connectivity index is 0.00000171. The van der Waals surface area contributed by atoms with Gasteiger partial charge in [-0.05, 0) is 22.9 Å². The average Bonchev–Trinajstić information content (AvgIpc) is 2.72. The molecule has 4 rings (SSSR count). The Hall–Kier alpha value is -0.780. The van der Waals surface area contributed by atoms with Crippen LogP contribution >= 0.6 is 0 Å². The average molecular weight is 476 g/mol. The normalized spacial score (nSPS) is 11.6. The number of benzene rings is 4. The predicted molar refractivity (Wildman–Crippen MR) is 124 cm³/mol. The molecule has 0 saturated carbocycles. The quantitative estimate of drug-likeness (QED) is 0.242. The summed E-state index contributed by atoms with van der Waals surface area (Å²) in [5.41, 5.74) is 0. The zero-order valence-electron chi connectivity index (χ0n) is 15.1. The van der Waals surface area contributed by atoms with E-state index in [0.717, 1.165) is 10.8 Å². The molecule has 0 radical (unpaired) electrons. The molecule has 0 aliphatic rings. The van der Waals surface area contributed by atoms with Crippen molar-refractivity contribution in [3.8, 4) is 0 Å². The molecule has 0 heterocycles. The van der Waals surface area contributed by atoms with Crippen molar-refractivity contribution in [1.82, 2.24) is 0 Å². The first-order chi connectivity index (χ1) is 13.9. The first-order valence-corrected chi connectivity index (χ1v) is 11.4. The van der Waals surface area contributed by atoms with Gasteiger partial charge in [-0.1, -0.05) is 72.8 Å². The number of rotatable bonds is 6. The summed E-state index contributed by atoms with van der Waals surface area (Å²) in [7, 11) is -8.45. The fourth-order valence-corrected chi connectivity index (χ4v) is 5.17. The molecule has 0 fully saturated rings. The molecule has 0 unspecified atom stereocenters. The first-order valence-electron chi connectivity index (χ1n) is 8.63. The Bertz CT molecular complexity index is 1300. The van der Waals surface area contributed by atoms with E-state index in [2.05, 4.69) is 0 Å². The maximum absolute atomic E-state index is 12.6. The first kappa shape index (κ1) is 26.5. The predicted octanol–water partition coefficient (Wildman–Crippen LogP) is 2.76. The molecule has 152 valence electrons. The SMILES string of the molecule is O=S(=O)(OCOS(=O)(=O)c1cccc2ccccc12)c1cccc2ccccc12.[NaH].[NaH]. The van der Waals surface area contributed by atoms with Gasteiger partial charge in [-0.25, -0.2) is 8.37 Å². The van der Waals surface area contributed by atoms with Crippen LogP contribution in [-0.2, 0) is 28.6 Å². The summed E-state index contributed by atoms with van der Waals surface area (Å²) in [6.07, 6.45) is 0. The monoisotopic (exact) mass is 476 g/mol. The fraction of sp³-hybridized carbons (Fsp3) is 0.0476. The third-order valence-electron chi connectivity index (χ3n) is 4.44. The molecule has 0 atom stereocenters. The summed E-state index contributed by atoms with van der Waals surface area (Å²) in [5.74, 6) is 0. The van der Waals surface area contributed by atoms with Crippen LogP contribution in [0.15, 0.2) is 94.7 Å². The van der Waals surface area contributed by atoms with E-state index in [1.807, 2.05) is 0 Å². The summed E-state index contributed by atoms with van der Waals surface area (Å²) < 4.78 is 60.1. The van der Waals surface area contributed by atoms with Gasteiger partial charge in [-0.2, -0.15) is 16.8 Å². The molecule has 6 nitrogen and oxygen atoms in total. The van der Waals surface area contributed by atoms with Crippen molar-refractivity contribution in [2.24, 2.45) is 0 Å². The second-order valence-electron chi connectivity index (χ2n) is 6.22. The van der Waals surface area contributed by atoms with Gasteiger partial charge in [0.15, 0.2) is 6.79 Å². The zero-order valence-corrected chi connectivity index (χ0v) is 16.7. The van der Waals surface area contributed by atoms with Gasteiger partial charge in [0, 0.05) is 10.8 Å². The molecule has 10 heteroatoms. The number of hydrogen-bond donors (Lipinski definition) is 0. The Kier molecular flexibility index (Phi) is 9.30. The van der Waals surface area contributed by atoms with Crippen LogP contribution in [0.2, 0.25) is 0 Å². The summed E-state index contributed by atoms with van der Waals surface area (Å²) in [6.45, 7) is -0.961. The molecule has 0 aromatic heterocycles. The van der Waals surface area contributed by atoms with Crippen molar-refractivity contribution < 1.29 is 25.2 Å². The molecular weight excluding hydrogens is 458 g/mol. The van der Waals surface area contributed by atoms with Crippen molar-refractivity contribution in [2.75, 3.05) is 6.79 Å². The molecule has 0 N–H and O–H groups in total. The molecular formula is C21H18Na2O6S2. The van der Waals surface area contributed by atoms with E-state index in [4.69, 9.17) is 8.37 Å². The van der Waals surface area contributed by atoms with E-state index in [0.29, 0.717) is 10.8 Å². The third-order valence-corrected chi connectivity index (χ3v) is 7.05. The molecule has 0 bridgehead atoms. The summed E-state index contributed by atoms with van der Waals surface area (Å²) in [4.78, 5) is -0.108. The van der Waals surface area contributed by atoms with Gasteiger partial charge in [-0.3, -0.25) is 0 Å². The van der Waals surface area contributed by atoms with Gasteiger partial charge in [0.25, 0.3) is 20.2 Å².